The summed E-state index contributed by atoms with van der Waals surface area (Å²) in [4.78, 5) is 4.10. The molecule has 548 valence electrons. The molecular weight excluding hydrogens is 1390 g/mol. The average molecular weight is 1500 g/mol. The summed E-state index contributed by atoms with van der Waals surface area (Å²) < 4.78 is 278. The van der Waals surface area contributed by atoms with Crippen LogP contribution in [0.3, 0.4) is 0 Å². The molecule has 4 aliphatic heterocycles. The zero-order valence-corrected chi connectivity index (χ0v) is 64.2. The van der Waals surface area contributed by atoms with Gasteiger partial charge in [0.25, 0.3) is 13.4 Å². The van der Waals surface area contributed by atoms with Crippen molar-refractivity contribution in [3.05, 3.63) is 362 Å². The first-order chi connectivity index (χ1) is 67.2. The van der Waals surface area contributed by atoms with Crippen molar-refractivity contribution in [3.63, 3.8) is 0 Å². The normalized spacial score (nSPS) is 16.5. The number of hydrogen-bond donors (Lipinski definition) is 0. The molecule has 0 N–H and O–H groups in total. The van der Waals surface area contributed by atoms with Gasteiger partial charge in [-0.25, -0.2) is 0 Å². The van der Waals surface area contributed by atoms with Crippen molar-refractivity contribution < 1.29 is 41.7 Å². The van der Waals surface area contributed by atoms with Crippen molar-refractivity contribution in [1.29, 1.82) is 0 Å². The van der Waals surface area contributed by atoms with Crippen molar-refractivity contribution in [1.82, 2.24) is 9.13 Å². The van der Waals surface area contributed by atoms with E-state index in [-0.39, 0.29) is 99.6 Å². The van der Waals surface area contributed by atoms with Gasteiger partial charge in [0.2, 0.25) is 0 Å². The molecule has 18 aromatic rings. The summed E-state index contributed by atoms with van der Waals surface area (Å²) in [6, 6.07) is 38.8. The Morgan fingerprint density at radius 2 is 0.765 bits per heavy atom. The van der Waals surface area contributed by atoms with Gasteiger partial charge in [0.1, 0.15) is 11.5 Å². The molecular formula is C108H84B2N4O. The minimum absolute atomic E-state index is 0.0266. The molecule has 115 heavy (non-hydrogen) atoms. The Labute approximate surface area is 711 Å². The molecule has 6 heterocycles. The van der Waals surface area contributed by atoms with Gasteiger partial charge in [-0.05, 0) is 195 Å². The number of anilines is 6. The standard InChI is InChI=1S/C108H84B2N4O/c1-106(2,3)75-59-82(69-37-20-12-21-38-69)101(83(60-75)70-39-22-13-23-40-70)113-94-65-78(111-91-49-30-28-45-79(91)80-46-29-31-50-92(80)111)53-54-87(94)109-90-66-97-100-105(104(90)114(96-64-77(108(7,8)9)63-95(113)99(96)109)102-84(71-41-24-14-25-42-71)61-76(107(4,5)6)62-85(102)72-43-26-15-27-44-72)115-98-56-52-74(68-35-18-11-19-36-68)58-89(98)110(100)88-48-32-47-81-86-57-73(67-33-16-10-17-34-67)51-55-93(86)112(97)103(81)88/h10-66H,1-9H3/i10D,11D,16D,17D,18D,19D,28D,29D,30D,31D,32D,33D,34D,35D,36D,45D,46D,47D,48D,49D,50D,51D,53D,54D,55D,57D,65D. The lowest BCUT2D eigenvalue weighted by Crippen LogP contribution is -2.64. The van der Waals surface area contributed by atoms with Gasteiger partial charge in [-0.2, -0.15) is 0 Å². The monoisotopic (exact) mass is 1500 g/mol. The van der Waals surface area contributed by atoms with Crippen LogP contribution < -0.4 is 47.3 Å². The number of rotatable bonds is 9. The van der Waals surface area contributed by atoms with Gasteiger partial charge in [0.05, 0.1) is 70.6 Å². The highest BCUT2D eigenvalue weighted by Gasteiger charge is 2.51. The number of nitrogens with zero attached hydrogens (tertiary/aromatic N) is 4. The van der Waals surface area contributed by atoms with Crippen LogP contribution in [-0.4, -0.2) is 22.6 Å². The SMILES string of the molecule is [2H]c1c([2H])c([2H])c(-c2ccc3c(c2)B2c4c(cc5c(c4O3)N(c3c(-c4ccccc4)cc(C(C)(C)C)cc3-c3ccccc3)c3cc(C(C)(C)C)cc4c3B5c3c([2H])c([2H])c(-n5c6c([2H])c([2H])c([2H])c([2H])c6c6c([2H])c([2H])c([2H])c([2H])c65)c([2H])c3N4c3c(-c4ccccc4)cc(C(C)(C)C)cc3-c3ccccc3)-n3c4c([2H])c([2H])c(-c5c([2H])c([2H])c([2H])c([2H])c5[2H])c([2H])c4c4c([2H])c([2H])c([2H])c2c43)c([2H])c1[2H]. The van der Waals surface area contributed by atoms with Crippen LogP contribution in [0.4, 0.5) is 34.1 Å². The quantitative estimate of drug-likeness (QED) is 0.135. The number of benzene rings is 16. The fourth-order valence-electron chi connectivity index (χ4n) is 17.7. The van der Waals surface area contributed by atoms with Crippen molar-refractivity contribution >= 4 is 124 Å². The van der Waals surface area contributed by atoms with Gasteiger partial charge in [-0.3, -0.25) is 0 Å². The Hall–Kier alpha value is -13.4. The van der Waals surface area contributed by atoms with E-state index in [2.05, 4.69) is 104 Å². The number of aromatic nitrogens is 2. The van der Waals surface area contributed by atoms with Gasteiger partial charge >= 0.3 is 0 Å². The Balaban J connectivity index is 1.02. The van der Waals surface area contributed by atoms with Crippen LogP contribution in [0.5, 0.6) is 11.5 Å². The predicted octanol–water partition coefficient (Wildman–Crippen LogP) is 24.8. The highest BCUT2D eigenvalue weighted by atomic mass is 16.5. The van der Waals surface area contributed by atoms with E-state index in [9.17, 15) is 28.8 Å². The third-order valence-corrected chi connectivity index (χ3v) is 23.2. The van der Waals surface area contributed by atoms with Crippen LogP contribution in [-0.2, 0) is 16.2 Å². The minimum atomic E-state index is -1.55. The van der Waals surface area contributed by atoms with E-state index < -0.39 is 221 Å². The number of hydrogen-bond acceptors (Lipinski definition) is 3. The maximum Gasteiger partial charge on any atom is 0.256 e. The van der Waals surface area contributed by atoms with Crippen LogP contribution in [0.1, 0.15) is 116 Å². The lowest BCUT2D eigenvalue weighted by molar-refractivity contribution is 0.488. The molecule has 0 amide bonds. The number of ether oxygens (including phenoxy) is 1. The first kappa shape index (κ1) is 46.0. The van der Waals surface area contributed by atoms with Crippen molar-refractivity contribution in [3.8, 4) is 89.6 Å². The molecule has 0 unspecified atom stereocenters. The molecule has 16 aromatic carbocycles. The Kier molecular flexibility index (Phi) is 10.2. The van der Waals surface area contributed by atoms with E-state index in [1.54, 1.807) is 24.3 Å². The first-order valence-corrected chi connectivity index (χ1v) is 38.5. The van der Waals surface area contributed by atoms with Crippen molar-refractivity contribution in [2.24, 2.45) is 0 Å². The third kappa shape index (κ3) is 10.6. The van der Waals surface area contributed by atoms with Crippen LogP contribution >= 0.6 is 0 Å². The molecule has 7 heteroatoms. The summed E-state index contributed by atoms with van der Waals surface area (Å²) in [5.41, 5.74) is 5.02. The van der Waals surface area contributed by atoms with Gasteiger partial charge in [0.15, 0.2) is 0 Å². The summed E-state index contributed by atoms with van der Waals surface area (Å²) in [5.74, 6) is 0.00206. The van der Waals surface area contributed by atoms with Gasteiger partial charge < -0.3 is 23.7 Å². The number of fused-ring (bicyclic) bond motifs is 15. The zero-order valence-electron chi connectivity index (χ0n) is 91.2. The molecule has 0 fully saturated rings. The number of para-hydroxylation sites is 3. The van der Waals surface area contributed by atoms with Crippen LogP contribution in [0.15, 0.2) is 345 Å². The van der Waals surface area contributed by atoms with Gasteiger partial charge in [0, 0.05) is 77.8 Å². The van der Waals surface area contributed by atoms with Gasteiger partial charge in [-0.1, -0.05) is 323 Å². The first-order valence-electron chi connectivity index (χ1n) is 52.0. The Bertz CT molecular complexity index is 8540. The fourth-order valence-corrected chi connectivity index (χ4v) is 17.7. The van der Waals surface area contributed by atoms with Crippen LogP contribution in [0.25, 0.3) is 122 Å². The molecule has 22 rings (SSSR count). The second-order valence-corrected chi connectivity index (χ2v) is 33.0. The highest BCUT2D eigenvalue weighted by Crippen LogP contribution is 2.58. The summed E-state index contributed by atoms with van der Waals surface area (Å²) in [5, 5.41) is -1.30. The second-order valence-electron chi connectivity index (χ2n) is 33.0. The average Bonchev–Trinajstić information content (AvgIpc) is 1.32. The Morgan fingerprint density at radius 1 is 0.296 bits per heavy atom. The molecule has 5 nitrogen and oxygen atoms in total. The molecule has 4 aliphatic rings. The minimum Gasteiger partial charge on any atom is -0.456 e. The lowest BCUT2D eigenvalue weighted by Gasteiger charge is -2.48. The van der Waals surface area contributed by atoms with Crippen molar-refractivity contribution in [2.45, 2.75) is 78.6 Å². The molecule has 0 bridgehead atoms. The van der Waals surface area contributed by atoms with Crippen LogP contribution in [0, 0.1) is 0 Å². The maximum absolute atomic E-state index is 12.1. The predicted molar refractivity (Wildman–Crippen MR) is 489 cm³/mol. The lowest BCUT2D eigenvalue weighted by atomic mass is 9.31. The highest BCUT2D eigenvalue weighted by molar-refractivity contribution is 7.02. The molecule has 0 radical (unpaired) electrons. The molecule has 0 atom stereocenters. The molecule has 2 aromatic heterocycles. The molecule has 0 aliphatic carbocycles. The fraction of sp³-hybridized carbons (Fsp3) is 0.111. The van der Waals surface area contributed by atoms with Crippen molar-refractivity contribution in [2.75, 3.05) is 9.80 Å². The second kappa shape index (κ2) is 25.6. The molecule has 0 spiro atoms. The van der Waals surface area contributed by atoms with E-state index in [1.807, 2.05) is 126 Å². The summed E-state index contributed by atoms with van der Waals surface area (Å²) in [7, 11) is 0. The third-order valence-electron chi connectivity index (χ3n) is 23.2. The van der Waals surface area contributed by atoms with E-state index >= 15 is 0 Å². The summed E-state index contributed by atoms with van der Waals surface area (Å²) in [6.45, 7) is 15.8. The van der Waals surface area contributed by atoms with E-state index in [4.69, 9.17) is 13.0 Å². The smallest absolute Gasteiger partial charge is 0.256 e. The van der Waals surface area contributed by atoms with Crippen LogP contribution in [0.2, 0.25) is 0 Å². The van der Waals surface area contributed by atoms with E-state index in [0.29, 0.717) is 67.2 Å². The van der Waals surface area contributed by atoms with E-state index in [1.165, 1.54) is 4.57 Å². The topological polar surface area (TPSA) is 25.6 Å². The van der Waals surface area contributed by atoms with Gasteiger partial charge in [-0.15, -0.1) is 0 Å². The Morgan fingerprint density at radius 3 is 1.30 bits per heavy atom. The van der Waals surface area contributed by atoms with E-state index in [0.717, 1.165) is 26.8 Å². The zero-order chi connectivity index (χ0) is 101. The molecule has 0 saturated heterocycles. The summed E-state index contributed by atoms with van der Waals surface area (Å²) >= 11 is 0. The summed E-state index contributed by atoms with van der Waals surface area (Å²) in [6.07, 6.45) is 0. The molecule has 0 saturated carbocycles. The largest absolute Gasteiger partial charge is 0.456 e. The maximum atomic E-state index is 12.1.